The summed E-state index contributed by atoms with van der Waals surface area (Å²) < 4.78 is 5.44. The summed E-state index contributed by atoms with van der Waals surface area (Å²) in [5.41, 5.74) is 3.56. The minimum Gasteiger partial charge on any atom is -0.423 e. The lowest BCUT2D eigenvalue weighted by Gasteiger charge is -2.08. The number of anilines is 1. The Morgan fingerprint density at radius 3 is 2.65 bits per heavy atom. The van der Waals surface area contributed by atoms with E-state index in [4.69, 9.17) is 4.42 Å². The first-order valence-corrected chi connectivity index (χ1v) is 5.81. The molecule has 17 heavy (non-hydrogen) atoms. The SMILES string of the molecule is CCc1nnc(CNc2cc(C)ccc2C)o1. The maximum absolute atomic E-state index is 5.44. The van der Waals surface area contributed by atoms with E-state index >= 15 is 0 Å². The molecule has 0 saturated carbocycles. The smallest absolute Gasteiger partial charge is 0.235 e. The molecule has 1 aromatic heterocycles. The number of aryl methyl sites for hydroxylation is 3. The summed E-state index contributed by atoms with van der Waals surface area (Å²) in [6, 6.07) is 6.32. The molecule has 0 radical (unpaired) electrons. The molecule has 0 saturated heterocycles. The summed E-state index contributed by atoms with van der Waals surface area (Å²) in [5, 5.41) is 11.2. The molecule has 4 nitrogen and oxygen atoms in total. The van der Waals surface area contributed by atoms with Crippen LogP contribution in [0.1, 0.15) is 29.8 Å². The van der Waals surface area contributed by atoms with Crippen LogP contribution in [0.3, 0.4) is 0 Å². The average Bonchev–Trinajstić information content (AvgIpc) is 2.78. The number of rotatable bonds is 4. The fraction of sp³-hybridized carbons (Fsp3) is 0.385. The van der Waals surface area contributed by atoms with Gasteiger partial charge >= 0.3 is 0 Å². The molecule has 0 spiro atoms. The zero-order valence-corrected chi connectivity index (χ0v) is 10.4. The molecule has 0 bridgehead atoms. The third kappa shape index (κ3) is 2.84. The van der Waals surface area contributed by atoms with Gasteiger partial charge in [0.15, 0.2) is 0 Å². The van der Waals surface area contributed by atoms with E-state index in [-0.39, 0.29) is 0 Å². The van der Waals surface area contributed by atoms with Crippen LogP contribution in [-0.2, 0) is 13.0 Å². The molecule has 0 fully saturated rings. The molecule has 0 aliphatic heterocycles. The van der Waals surface area contributed by atoms with Gasteiger partial charge in [-0.3, -0.25) is 0 Å². The minimum absolute atomic E-state index is 0.567. The van der Waals surface area contributed by atoms with Crippen molar-refractivity contribution in [2.75, 3.05) is 5.32 Å². The highest BCUT2D eigenvalue weighted by Crippen LogP contribution is 2.17. The van der Waals surface area contributed by atoms with Crippen molar-refractivity contribution >= 4 is 5.69 Å². The topological polar surface area (TPSA) is 51.0 Å². The molecule has 0 aliphatic rings. The van der Waals surface area contributed by atoms with Crippen LogP contribution in [0.4, 0.5) is 5.69 Å². The van der Waals surface area contributed by atoms with Gasteiger partial charge in [-0.25, -0.2) is 0 Å². The number of hydrogen-bond acceptors (Lipinski definition) is 4. The highest BCUT2D eigenvalue weighted by molar-refractivity contribution is 5.52. The van der Waals surface area contributed by atoms with Gasteiger partial charge in [-0.2, -0.15) is 0 Å². The van der Waals surface area contributed by atoms with E-state index in [0.717, 1.165) is 12.1 Å². The fourth-order valence-electron chi connectivity index (χ4n) is 1.60. The number of nitrogens with one attached hydrogen (secondary N) is 1. The van der Waals surface area contributed by atoms with Gasteiger partial charge in [0, 0.05) is 12.1 Å². The zero-order chi connectivity index (χ0) is 12.3. The largest absolute Gasteiger partial charge is 0.423 e. The van der Waals surface area contributed by atoms with Crippen molar-refractivity contribution in [3.63, 3.8) is 0 Å². The normalized spacial score (nSPS) is 10.5. The Labute approximate surface area is 101 Å². The van der Waals surface area contributed by atoms with E-state index < -0.39 is 0 Å². The molecule has 1 N–H and O–H groups in total. The summed E-state index contributed by atoms with van der Waals surface area (Å²) in [5.74, 6) is 1.31. The minimum atomic E-state index is 0.567. The van der Waals surface area contributed by atoms with Crippen LogP contribution in [0, 0.1) is 13.8 Å². The standard InChI is InChI=1S/C13H17N3O/c1-4-12-15-16-13(17-12)8-14-11-7-9(2)5-6-10(11)3/h5-7,14H,4,8H2,1-3H3. The van der Waals surface area contributed by atoms with Crippen LogP contribution >= 0.6 is 0 Å². The van der Waals surface area contributed by atoms with Crippen LogP contribution < -0.4 is 5.32 Å². The second-order valence-electron chi connectivity index (χ2n) is 4.12. The summed E-state index contributed by atoms with van der Waals surface area (Å²) in [4.78, 5) is 0. The van der Waals surface area contributed by atoms with E-state index in [2.05, 4.69) is 47.6 Å². The number of hydrogen-bond donors (Lipinski definition) is 1. The van der Waals surface area contributed by atoms with Gasteiger partial charge in [-0.05, 0) is 31.0 Å². The Hall–Kier alpha value is -1.84. The number of aromatic nitrogens is 2. The van der Waals surface area contributed by atoms with Gasteiger partial charge in [-0.1, -0.05) is 19.1 Å². The monoisotopic (exact) mass is 231 g/mol. The van der Waals surface area contributed by atoms with Crippen molar-refractivity contribution in [2.24, 2.45) is 0 Å². The van der Waals surface area contributed by atoms with E-state index in [1.807, 2.05) is 6.92 Å². The third-order valence-electron chi connectivity index (χ3n) is 2.63. The first-order chi connectivity index (χ1) is 8.19. The molecule has 0 unspecified atom stereocenters. The van der Waals surface area contributed by atoms with Crippen molar-refractivity contribution in [1.29, 1.82) is 0 Å². The zero-order valence-electron chi connectivity index (χ0n) is 10.4. The fourth-order valence-corrected chi connectivity index (χ4v) is 1.60. The second-order valence-corrected chi connectivity index (χ2v) is 4.12. The summed E-state index contributed by atoms with van der Waals surface area (Å²) in [6.07, 6.45) is 0.774. The van der Waals surface area contributed by atoms with Crippen molar-refractivity contribution in [3.05, 3.63) is 41.1 Å². The van der Waals surface area contributed by atoms with Crippen LogP contribution in [0.5, 0.6) is 0 Å². The van der Waals surface area contributed by atoms with Gasteiger partial charge in [0.25, 0.3) is 0 Å². The van der Waals surface area contributed by atoms with Gasteiger partial charge in [-0.15, -0.1) is 10.2 Å². The molecule has 90 valence electrons. The first-order valence-electron chi connectivity index (χ1n) is 5.81. The Kier molecular flexibility index (Phi) is 3.42. The highest BCUT2D eigenvalue weighted by Gasteiger charge is 2.04. The van der Waals surface area contributed by atoms with E-state index in [1.54, 1.807) is 0 Å². The van der Waals surface area contributed by atoms with E-state index in [9.17, 15) is 0 Å². The predicted molar refractivity (Wildman–Crippen MR) is 66.9 cm³/mol. The van der Waals surface area contributed by atoms with E-state index in [1.165, 1.54) is 11.1 Å². The van der Waals surface area contributed by atoms with Crippen molar-refractivity contribution in [3.8, 4) is 0 Å². The molecule has 4 heteroatoms. The molecular formula is C13H17N3O. The molecule has 1 heterocycles. The number of nitrogens with zero attached hydrogens (tertiary/aromatic N) is 2. The molecule has 0 aliphatic carbocycles. The molecule has 2 aromatic rings. The van der Waals surface area contributed by atoms with Crippen molar-refractivity contribution in [1.82, 2.24) is 10.2 Å². The lowest BCUT2D eigenvalue weighted by atomic mass is 10.1. The molecule has 0 atom stereocenters. The Morgan fingerprint density at radius 1 is 1.18 bits per heavy atom. The maximum atomic E-state index is 5.44. The van der Waals surface area contributed by atoms with Crippen LogP contribution in [0.15, 0.2) is 22.6 Å². The predicted octanol–water partition coefficient (Wildman–Crippen LogP) is 2.86. The molecular weight excluding hydrogens is 214 g/mol. The van der Waals surface area contributed by atoms with Gasteiger partial charge < -0.3 is 9.73 Å². The molecule has 0 amide bonds. The average molecular weight is 231 g/mol. The van der Waals surface area contributed by atoms with Crippen molar-refractivity contribution < 1.29 is 4.42 Å². The second kappa shape index (κ2) is 4.99. The molecule has 1 aromatic carbocycles. The van der Waals surface area contributed by atoms with E-state index in [0.29, 0.717) is 18.3 Å². The third-order valence-corrected chi connectivity index (χ3v) is 2.63. The van der Waals surface area contributed by atoms with Crippen molar-refractivity contribution in [2.45, 2.75) is 33.7 Å². The summed E-state index contributed by atoms with van der Waals surface area (Å²) in [6.45, 7) is 6.71. The molecule has 2 rings (SSSR count). The summed E-state index contributed by atoms with van der Waals surface area (Å²) in [7, 11) is 0. The lowest BCUT2D eigenvalue weighted by molar-refractivity contribution is 0.460. The van der Waals surface area contributed by atoms with Crippen LogP contribution in [-0.4, -0.2) is 10.2 Å². The summed E-state index contributed by atoms with van der Waals surface area (Å²) >= 11 is 0. The van der Waals surface area contributed by atoms with Gasteiger partial charge in [0.05, 0.1) is 6.54 Å². The lowest BCUT2D eigenvalue weighted by Crippen LogP contribution is -2.01. The van der Waals surface area contributed by atoms with Crippen LogP contribution in [0.25, 0.3) is 0 Å². The Morgan fingerprint density at radius 2 is 1.94 bits per heavy atom. The Balaban J connectivity index is 2.04. The quantitative estimate of drug-likeness (QED) is 0.879. The number of benzene rings is 1. The maximum Gasteiger partial charge on any atom is 0.235 e. The van der Waals surface area contributed by atoms with Crippen LogP contribution in [0.2, 0.25) is 0 Å². The van der Waals surface area contributed by atoms with Gasteiger partial charge in [0.2, 0.25) is 11.8 Å². The van der Waals surface area contributed by atoms with Gasteiger partial charge in [0.1, 0.15) is 0 Å². The first kappa shape index (κ1) is 11.6. The Bertz CT molecular complexity index is 505. The highest BCUT2D eigenvalue weighted by atomic mass is 16.4.